The van der Waals surface area contributed by atoms with Crippen molar-refractivity contribution >= 4 is 23.4 Å². The van der Waals surface area contributed by atoms with Gasteiger partial charge in [-0.25, -0.2) is 14.5 Å². The van der Waals surface area contributed by atoms with Gasteiger partial charge in [-0.15, -0.1) is 0 Å². The average molecular weight is 250 g/mol. The van der Waals surface area contributed by atoms with Gasteiger partial charge in [0.15, 0.2) is 0 Å². The molecule has 2 aromatic rings. The number of carboxylic acids is 1. The van der Waals surface area contributed by atoms with Gasteiger partial charge < -0.3 is 10.8 Å². The van der Waals surface area contributed by atoms with Crippen LogP contribution in [-0.2, 0) is 11.3 Å². The average Bonchev–Trinajstić information content (AvgIpc) is 2.94. The summed E-state index contributed by atoms with van der Waals surface area (Å²) in [7, 11) is 0. The number of thiazole rings is 1. The maximum absolute atomic E-state index is 10.4. The third-order valence-corrected chi connectivity index (χ3v) is 2.97. The van der Waals surface area contributed by atoms with Gasteiger partial charge in [-0.1, -0.05) is 11.3 Å². The second kappa shape index (κ2) is 4.89. The quantitative estimate of drug-likeness (QED) is 0.786. The van der Waals surface area contributed by atoms with Crippen LogP contribution in [0.3, 0.4) is 0 Å². The number of hydrogen-bond donors (Lipinski definition) is 2. The van der Waals surface area contributed by atoms with Crippen molar-refractivity contribution in [2.75, 3.05) is 0 Å². The summed E-state index contributed by atoms with van der Waals surface area (Å²) < 4.78 is 1.59. The maximum Gasteiger partial charge on any atom is 0.328 e. The van der Waals surface area contributed by atoms with Crippen LogP contribution < -0.4 is 5.73 Å². The first kappa shape index (κ1) is 11.5. The Morgan fingerprint density at radius 1 is 1.59 bits per heavy atom. The van der Waals surface area contributed by atoms with Crippen LogP contribution in [0, 0.1) is 0 Å². The first-order chi connectivity index (χ1) is 8.19. The molecule has 0 amide bonds. The van der Waals surface area contributed by atoms with Gasteiger partial charge in [-0.05, 0) is 6.08 Å². The summed E-state index contributed by atoms with van der Waals surface area (Å²) in [6, 6.07) is 0. The van der Waals surface area contributed by atoms with Crippen molar-refractivity contribution in [2.24, 2.45) is 5.73 Å². The summed E-state index contributed by atoms with van der Waals surface area (Å²) >= 11 is 1.45. The van der Waals surface area contributed by atoms with Crippen molar-refractivity contribution in [2.45, 2.75) is 6.54 Å². The number of aliphatic carboxylic acids is 1. The largest absolute Gasteiger partial charge is 0.478 e. The molecule has 0 bridgehead atoms. The zero-order valence-electron chi connectivity index (χ0n) is 8.78. The van der Waals surface area contributed by atoms with E-state index in [-0.39, 0.29) is 0 Å². The molecule has 0 atom stereocenters. The van der Waals surface area contributed by atoms with E-state index in [9.17, 15) is 4.79 Å². The number of carbonyl (C=O) groups is 1. The van der Waals surface area contributed by atoms with Crippen molar-refractivity contribution in [1.82, 2.24) is 14.8 Å². The van der Waals surface area contributed by atoms with E-state index in [0.717, 1.165) is 11.0 Å². The zero-order chi connectivity index (χ0) is 12.3. The Balaban J connectivity index is 2.20. The van der Waals surface area contributed by atoms with Crippen LogP contribution >= 0.6 is 11.3 Å². The highest BCUT2D eigenvalue weighted by Crippen LogP contribution is 2.16. The fourth-order valence-corrected chi connectivity index (χ4v) is 1.91. The summed E-state index contributed by atoms with van der Waals surface area (Å²) in [4.78, 5) is 15.5. The number of hydrogen-bond acceptors (Lipinski definition) is 5. The second-order valence-electron chi connectivity index (χ2n) is 3.20. The normalized spacial score (nSPS) is 11.1. The van der Waals surface area contributed by atoms with Crippen LogP contribution in [0.25, 0.3) is 11.2 Å². The Kier molecular flexibility index (Phi) is 3.31. The Labute approximate surface area is 101 Å². The number of aromatic nitrogens is 3. The molecule has 0 unspecified atom stereocenters. The molecule has 7 heteroatoms. The lowest BCUT2D eigenvalue weighted by Gasteiger charge is -1.91. The minimum Gasteiger partial charge on any atom is -0.478 e. The molecule has 0 radical (unpaired) electrons. The van der Waals surface area contributed by atoms with Crippen LogP contribution in [0.4, 0.5) is 0 Å². The Morgan fingerprint density at radius 2 is 2.41 bits per heavy atom. The summed E-state index contributed by atoms with van der Waals surface area (Å²) in [6.07, 6.45) is 7.52. The van der Waals surface area contributed by atoms with Crippen LogP contribution in [0.2, 0.25) is 0 Å². The van der Waals surface area contributed by atoms with E-state index < -0.39 is 5.97 Å². The van der Waals surface area contributed by atoms with Crippen LogP contribution in [0.15, 0.2) is 24.7 Å². The Hall–Kier alpha value is -1.99. The number of carboxylic acid groups (broad SMARTS) is 1. The maximum atomic E-state index is 10.4. The molecular weight excluding hydrogens is 240 g/mol. The van der Waals surface area contributed by atoms with Crippen molar-refractivity contribution < 1.29 is 9.90 Å². The molecule has 2 heterocycles. The minimum atomic E-state index is -0.989. The predicted molar refractivity (Wildman–Crippen MR) is 63.8 cm³/mol. The SMILES string of the molecule is NCc1cnc(-n2cc(/C=C/C(=O)O)cn2)s1. The molecule has 0 aliphatic heterocycles. The summed E-state index contributed by atoms with van der Waals surface area (Å²) in [5.74, 6) is -0.989. The van der Waals surface area contributed by atoms with Crippen LogP contribution in [0.5, 0.6) is 0 Å². The van der Waals surface area contributed by atoms with Gasteiger partial charge in [0.2, 0.25) is 5.13 Å². The van der Waals surface area contributed by atoms with E-state index in [0.29, 0.717) is 17.2 Å². The molecule has 2 rings (SSSR count). The highest BCUT2D eigenvalue weighted by Gasteiger charge is 2.04. The zero-order valence-corrected chi connectivity index (χ0v) is 9.59. The van der Waals surface area contributed by atoms with Gasteiger partial charge in [0.1, 0.15) is 0 Å². The van der Waals surface area contributed by atoms with Gasteiger partial charge in [0.05, 0.1) is 6.20 Å². The molecule has 0 saturated heterocycles. The van der Waals surface area contributed by atoms with Crippen molar-refractivity contribution in [1.29, 1.82) is 0 Å². The molecule has 6 nitrogen and oxygen atoms in total. The minimum absolute atomic E-state index is 0.449. The molecule has 88 valence electrons. The molecule has 3 N–H and O–H groups in total. The molecular formula is C10H10N4O2S. The topological polar surface area (TPSA) is 94.0 Å². The predicted octanol–water partition coefficient (Wildman–Crippen LogP) is 0.885. The van der Waals surface area contributed by atoms with Crippen LogP contribution in [0.1, 0.15) is 10.4 Å². The van der Waals surface area contributed by atoms with Gasteiger partial charge >= 0.3 is 5.97 Å². The lowest BCUT2D eigenvalue weighted by molar-refractivity contribution is -0.131. The van der Waals surface area contributed by atoms with Gasteiger partial charge in [-0.3, -0.25) is 0 Å². The fraction of sp³-hybridized carbons (Fsp3) is 0.100. The Morgan fingerprint density at radius 3 is 3.06 bits per heavy atom. The summed E-state index contributed by atoms with van der Waals surface area (Å²) in [5.41, 5.74) is 6.20. The lowest BCUT2D eigenvalue weighted by atomic mass is 10.3. The van der Waals surface area contributed by atoms with Crippen molar-refractivity contribution in [3.8, 4) is 5.13 Å². The van der Waals surface area contributed by atoms with Gasteiger partial charge in [-0.2, -0.15) is 5.10 Å². The van der Waals surface area contributed by atoms with Gasteiger partial charge in [0, 0.05) is 35.5 Å². The first-order valence-electron chi connectivity index (χ1n) is 4.80. The number of nitrogens with zero attached hydrogens (tertiary/aromatic N) is 3. The molecule has 0 aromatic carbocycles. The molecule has 2 aromatic heterocycles. The van der Waals surface area contributed by atoms with E-state index in [1.807, 2.05) is 0 Å². The van der Waals surface area contributed by atoms with Crippen molar-refractivity contribution in [3.63, 3.8) is 0 Å². The molecule has 0 aliphatic rings. The highest BCUT2D eigenvalue weighted by molar-refractivity contribution is 7.14. The van der Waals surface area contributed by atoms with Crippen molar-refractivity contribution in [3.05, 3.63) is 35.1 Å². The Bertz CT molecular complexity index is 558. The lowest BCUT2D eigenvalue weighted by Crippen LogP contribution is -1.92. The molecule has 17 heavy (non-hydrogen) atoms. The fourth-order valence-electron chi connectivity index (χ4n) is 1.19. The van der Waals surface area contributed by atoms with E-state index in [4.69, 9.17) is 10.8 Å². The number of nitrogens with two attached hydrogens (primary N) is 1. The highest BCUT2D eigenvalue weighted by atomic mass is 32.1. The van der Waals surface area contributed by atoms with E-state index in [1.165, 1.54) is 17.4 Å². The second-order valence-corrected chi connectivity index (χ2v) is 4.30. The third-order valence-electron chi connectivity index (χ3n) is 1.96. The monoisotopic (exact) mass is 250 g/mol. The van der Waals surface area contributed by atoms with E-state index in [1.54, 1.807) is 23.3 Å². The molecule has 0 saturated carbocycles. The molecule has 0 fully saturated rings. The third kappa shape index (κ3) is 2.77. The van der Waals surface area contributed by atoms with Crippen LogP contribution in [-0.4, -0.2) is 25.8 Å². The van der Waals surface area contributed by atoms with E-state index in [2.05, 4.69) is 10.1 Å². The summed E-state index contributed by atoms with van der Waals surface area (Å²) in [5, 5.41) is 13.3. The smallest absolute Gasteiger partial charge is 0.328 e. The van der Waals surface area contributed by atoms with Gasteiger partial charge in [0.25, 0.3) is 0 Å². The van der Waals surface area contributed by atoms with E-state index >= 15 is 0 Å². The first-order valence-corrected chi connectivity index (χ1v) is 5.61. The number of rotatable bonds is 4. The standard InChI is InChI=1S/C10H10N4O2S/c11-3-8-5-12-10(17-8)14-6-7(4-13-14)1-2-9(15)16/h1-2,4-6H,3,11H2,(H,15,16)/b2-1+. The summed E-state index contributed by atoms with van der Waals surface area (Å²) in [6.45, 7) is 0.449. The molecule has 0 spiro atoms. The molecule has 0 aliphatic carbocycles.